The van der Waals surface area contributed by atoms with Crippen LogP contribution in [0.15, 0.2) is 40.9 Å². The van der Waals surface area contributed by atoms with Crippen LogP contribution in [0.1, 0.15) is 5.56 Å². The van der Waals surface area contributed by atoms with Crippen molar-refractivity contribution in [2.75, 3.05) is 11.1 Å². The summed E-state index contributed by atoms with van der Waals surface area (Å²) in [6.45, 7) is 5.57. The van der Waals surface area contributed by atoms with Crippen molar-refractivity contribution in [2.45, 2.75) is 11.3 Å². The third kappa shape index (κ3) is 4.63. The maximum absolute atomic E-state index is 11.9. The highest BCUT2D eigenvalue weighted by Gasteiger charge is 2.22. The smallest absolute Gasteiger partial charge is 0.210 e. The molecule has 0 bridgehead atoms. The molecule has 1 heterocycles. The molecule has 2 rings (SSSR count). The molecule has 1 atom stereocenters. The average Bonchev–Trinajstić information content (AvgIpc) is 2.95. The van der Waals surface area contributed by atoms with Crippen molar-refractivity contribution in [1.29, 1.82) is 5.26 Å². The minimum Gasteiger partial charge on any atom is -0.330 e. The summed E-state index contributed by atoms with van der Waals surface area (Å²) in [6, 6.07) is 9.79. The van der Waals surface area contributed by atoms with Crippen molar-refractivity contribution in [3.05, 3.63) is 42.1 Å². The van der Waals surface area contributed by atoms with Gasteiger partial charge >= 0.3 is 0 Å². The molecule has 0 spiro atoms. The first-order valence-corrected chi connectivity index (χ1v) is 8.53. The first-order chi connectivity index (χ1) is 11.0. The number of carbonyl (C=O) groups is 1. The second-order valence-corrected chi connectivity index (χ2v) is 6.99. The van der Waals surface area contributed by atoms with E-state index < -0.39 is 5.92 Å². The number of thioether (sulfide) groups is 1. The van der Waals surface area contributed by atoms with E-state index in [4.69, 9.17) is 5.26 Å². The number of carbonyl (C=O) groups excluding carboxylic acids is 1. The zero-order chi connectivity index (χ0) is 16.8. The Kier molecular flexibility index (Phi) is 5.87. The topological polar surface area (TPSA) is 106 Å². The first-order valence-electron chi connectivity index (χ1n) is 6.73. The molecule has 0 aliphatic rings. The summed E-state index contributed by atoms with van der Waals surface area (Å²) in [7, 11) is 0. The lowest BCUT2D eigenvalue weighted by Gasteiger charge is -2.04. The van der Waals surface area contributed by atoms with E-state index >= 15 is 0 Å². The number of benzene rings is 1. The molecule has 0 aliphatic heterocycles. The summed E-state index contributed by atoms with van der Waals surface area (Å²) in [5.74, 6) is -0.938. The van der Waals surface area contributed by atoms with E-state index in [9.17, 15) is 4.79 Å². The van der Waals surface area contributed by atoms with Crippen molar-refractivity contribution in [1.82, 2.24) is 10.2 Å². The Balaban J connectivity index is 1.95. The van der Waals surface area contributed by atoms with Gasteiger partial charge in [-0.2, -0.15) is 5.26 Å². The van der Waals surface area contributed by atoms with Crippen LogP contribution in [0, 0.1) is 24.2 Å². The Bertz CT molecular complexity index is 765. The van der Waals surface area contributed by atoms with Gasteiger partial charge in [-0.3, -0.25) is 4.79 Å². The number of quaternary nitrogens is 1. The SMILES string of the molecule is C=C([NH3+])[C@H](C#N)C(=O)CSc1nnc(Nc2ccccc2C)s1. The molecule has 8 heteroatoms. The zero-order valence-electron chi connectivity index (χ0n) is 12.6. The quantitative estimate of drug-likeness (QED) is 0.744. The average molecular weight is 346 g/mol. The van der Waals surface area contributed by atoms with Crippen molar-refractivity contribution in [3.8, 4) is 6.07 Å². The van der Waals surface area contributed by atoms with Gasteiger partial charge in [-0.25, -0.2) is 0 Å². The van der Waals surface area contributed by atoms with Crippen LogP contribution in [0.4, 0.5) is 10.8 Å². The Hall–Kier alpha value is -2.21. The highest BCUT2D eigenvalue weighted by Crippen LogP contribution is 2.29. The molecular formula is C15H16N5OS2+. The van der Waals surface area contributed by atoms with Crippen LogP contribution in [0.5, 0.6) is 0 Å². The minimum atomic E-state index is -0.861. The number of nitrogens with zero attached hydrogens (tertiary/aromatic N) is 3. The fourth-order valence-electron chi connectivity index (χ4n) is 1.75. The maximum Gasteiger partial charge on any atom is 0.210 e. The van der Waals surface area contributed by atoms with E-state index in [0.29, 0.717) is 15.2 Å². The molecule has 1 aromatic carbocycles. The number of aromatic nitrogens is 2. The number of para-hydroxylation sites is 1. The van der Waals surface area contributed by atoms with Crippen molar-refractivity contribution in [2.24, 2.45) is 5.92 Å². The summed E-state index contributed by atoms with van der Waals surface area (Å²) in [6.07, 6.45) is 0. The summed E-state index contributed by atoms with van der Waals surface area (Å²) >= 11 is 2.62. The number of allylic oxidation sites excluding steroid dienone is 1. The fraction of sp³-hybridized carbons (Fsp3) is 0.200. The van der Waals surface area contributed by atoms with Gasteiger partial charge in [0.1, 0.15) is 5.70 Å². The Labute approximate surface area is 142 Å². The number of Topliss-reactive ketones (excluding diaryl/α,β-unsaturated/α-hetero) is 1. The van der Waals surface area contributed by atoms with Gasteiger partial charge in [-0.1, -0.05) is 41.3 Å². The van der Waals surface area contributed by atoms with E-state index in [1.807, 2.05) is 37.3 Å². The lowest BCUT2D eigenvalue weighted by molar-refractivity contribution is -0.309. The van der Waals surface area contributed by atoms with E-state index in [1.165, 1.54) is 23.1 Å². The molecule has 23 heavy (non-hydrogen) atoms. The number of hydrogen-bond donors (Lipinski definition) is 2. The Morgan fingerprint density at radius 1 is 1.52 bits per heavy atom. The van der Waals surface area contributed by atoms with Gasteiger partial charge in [0.25, 0.3) is 0 Å². The molecule has 0 aliphatic carbocycles. The van der Waals surface area contributed by atoms with E-state index in [-0.39, 0.29) is 11.5 Å². The lowest BCUT2D eigenvalue weighted by Crippen LogP contribution is -2.51. The minimum absolute atomic E-state index is 0.145. The van der Waals surface area contributed by atoms with Crippen LogP contribution < -0.4 is 11.1 Å². The Morgan fingerprint density at radius 2 is 2.26 bits per heavy atom. The third-order valence-corrected chi connectivity index (χ3v) is 4.98. The molecule has 1 aromatic heterocycles. The number of nitrogens with one attached hydrogen (secondary N) is 1. The van der Waals surface area contributed by atoms with Gasteiger partial charge in [0.05, 0.1) is 11.8 Å². The number of rotatable bonds is 7. The standard InChI is InChI=1S/C15H15N5OS2/c1-9-5-3-4-6-12(9)18-14-19-20-15(23-14)22-8-13(21)11(7-16)10(2)17/h3-6,11H,2,8,17H2,1H3,(H,18,19)/p+1/t11-/m0/s1. The Morgan fingerprint density at radius 3 is 2.91 bits per heavy atom. The summed E-state index contributed by atoms with van der Waals surface area (Å²) < 4.78 is 0.667. The molecule has 0 unspecified atom stereocenters. The molecule has 6 nitrogen and oxygen atoms in total. The molecule has 0 radical (unpaired) electrons. The van der Waals surface area contributed by atoms with Crippen LogP contribution >= 0.6 is 23.1 Å². The lowest BCUT2D eigenvalue weighted by atomic mass is 10.1. The van der Waals surface area contributed by atoms with Gasteiger partial charge in [0.15, 0.2) is 16.0 Å². The highest BCUT2D eigenvalue weighted by atomic mass is 32.2. The van der Waals surface area contributed by atoms with Crippen molar-refractivity contribution < 1.29 is 10.5 Å². The molecular weight excluding hydrogens is 330 g/mol. The maximum atomic E-state index is 11.9. The van der Waals surface area contributed by atoms with Gasteiger partial charge in [0, 0.05) is 5.69 Å². The van der Waals surface area contributed by atoms with E-state index in [1.54, 1.807) is 0 Å². The van der Waals surface area contributed by atoms with Crippen LogP contribution in [0.3, 0.4) is 0 Å². The normalized spacial score (nSPS) is 11.5. The first kappa shape index (κ1) is 17.1. The van der Waals surface area contributed by atoms with E-state index in [0.717, 1.165) is 11.3 Å². The molecule has 0 saturated heterocycles. The van der Waals surface area contributed by atoms with Crippen LogP contribution in [-0.4, -0.2) is 21.7 Å². The largest absolute Gasteiger partial charge is 0.330 e. The van der Waals surface area contributed by atoms with Gasteiger partial charge in [-0.15, -0.1) is 10.2 Å². The molecule has 118 valence electrons. The van der Waals surface area contributed by atoms with Gasteiger partial charge < -0.3 is 11.1 Å². The predicted octanol–water partition coefficient (Wildman–Crippen LogP) is 2.15. The molecule has 0 fully saturated rings. The number of anilines is 2. The molecule has 0 amide bonds. The molecule has 2 aromatic rings. The molecule has 4 N–H and O–H groups in total. The number of nitriles is 1. The van der Waals surface area contributed by atoms with Crippen LogP contribution in [0.2, 0.25) is 0 Å². The summed E-state index contributed by atoms with van der Waals surface area (Å²) in [5.41, 5.74) is 5.96. The highest BCUT2D eigenvalue weighted by molar-refractivity contribution is 8.01. The van der Waals surface area contributed by atoms with Crippen molar-refractivity contribution >= 4 is 39.7 Å². The van der Waals surface area contributed by atoms with Gasteiger partial charge in [-0.05, 0) is 25.1 Å². The number of aryl methyl sites for hydroxylation is 1. The van der Waals surface area contributed by atoms with E-state index in [2.05, 4.69) is 27.8 Å². The van der Waals surface area contributed by atoms with Crippen LogP contribution in [0.25, 0.3) is 0 Å². The van der Waals surface area contributed by atoms with Crippen LogP contribution in [-0.2, 0) is 4.79 Å². The second-order valence-electron chi connectivity index (χ2n) is 4.79. The fourth-order valence-corrected chi connectivity index (χ4v) is 3.42. The summed E-state index contributed by atoms with van der Waals surface area (Å²) in [5, 5.41) is 20.9. The van der Waals surface area contributed by atoms with Gasteiger partial charge in [0.2, 0.25) is 5.13 Å². The molecule has 0 saturated carbocycles. The third-order valence-electron chi connectivity index (χ3n) is 2.99. The zero-order valence-corrected chi connectivity index (χ0v) is 14.2. The van der Waals surface area contributed by atoms with Crippen molar-refractivity contribution in [3.63, 3.8) is 0 Å². The summed E-state index contributed by atoms with van der Waals surface area (Å²) in [4.78, 5) is 11.9. The number of hydrogen-bond acceptors (Lipinski definition) is 7. The monoisotopic (exact) mass is 346 g/mol. The second kappa shape index (κ2) is 7.87. The number of ketones is 1. The predicted molar refractivity (Wildman–Crippen MR) is 91.2 cm³/mol.